The molecule has 0 aliphatic carbocycles. The third-order valence-corrected chi connectivity index (χ3v) is 3.62. The molecular formula is C18H26N4O2. The Hall–Kier alpha value is -2.34. The fraction of sp³-hybridized carbons (Fsp3) is 0.444. The lowest BCUT2D eigenvalue weighted by Crippen LogP contribution is -2.38. The quantitative estimate of drug-likeness (QED) is 0.789. The molecule has 2 aromatic rings. The zero-order chi connectivity index (χ0) is 17.7. The Balaban J connectivity index is 2.24. The summed E-state index contributed by atoms with van der Waals surface area (Å²) in [4.78, 5) is 12.1. The molecular weight excluding hydrogens is 304 g/mol. The highest BCUT2D eigenvalue weighted by atomic mass is 16.3. The van der Waals surface area contributed by atoms with Crippen LogP contribution in [0.5, 0.6) is 0 Å². The highest BCUT2D eigenvalue weighted by molar-refractivity contribution is 5.88. The molecule has 1 atom stereocenters. The summed E-state index contributed by atoms with van der Waals surface area (Å²) in [5, 5.41) is 19.2. The first-order valence-corrected chi connectivity index (χ1v) is 8.10. The standard InChI is InChI=1S/C18H26N4O2/c1-13(12-23)19-17(24)20-16-10-15(18(2,3)4)21-22(16)11-14-8-6-5-7-9-14/h5-10,13,23H,11-12H2,1-4H3,(H2,19,20,24)/t13-/m0/s1. The van der Waals surface area contributed by atoms with Gasteiger partial charge in [0.15, 0.2) is 0 Å². The number of hydrogen-bond donors (Lipinski definition) is 3. The number of anilines is 1. The summed E-state index contributed by atoms with van der Waals surface area (Å²) >= 11 is 0. The lowest BCUT2D eigenvalue weighted by Gasteiger charge is -2.14. The van der Waals surface area contributed by atoms with E-state index in [0.717, 1.165) is 11.3 Å². The van der Waals surface area contributed by atoms with Gasteiger partial charge in [0.05, 0.1) is 24.9 Å². The normalized spacial score (nSPS) is 12.7. The molecule has 0 radical (unpaired) electrons. The van der Waals surface area contributed by atoms with Gasteiger partial charge in [0.2, 0.25) is 0 Å². The first kappa shape index (κ1) is 18.0. The molecule has 2 rings (SSSR count). The molecule has 1 aromatic carbocycles. The van der Waals surface area contributed by atoms with Crippen LogP contribution in [0.15, 0.2) is 36.4 Å². The van der Waals surface area contributed by atoms with Crippen LogP contribution in [-0.2, 0) is 12.0 Å². The van der Waals surface area contributed by atoms with Gasteiger partial charge in [-0.1, -0.05) is 51.1 Å². The summed E-state index contributed by atoms with van der Waals surface area (Å²) in [6.07, 6.45) is 0. The molecule has 0 spiro atoms. The van der Waals surface area contributed by atoms with Crippen molar-refractivity contribution in [1.82, 2.24) is 15.1 Å². The highest BCUT2D eigenvalue weighted by Crippen LogP contribution is 2.24. The van der Waals surface area contributed by atoms with Crippen molar-refractivity contribution >= 4 is 11.8 Å². The number of aliphatic hydroxyl groups is 1. The minimum atomic E-state index is -0.355. The van der Waals surface area contributed by atoms with E-state index < -0.39 is 0 Å². The van der Waals surface area contributed by atoms with Crippen LogP contribution in [0.2, 0.25) is 0 Å². The van der Waals surface area contributed by atoms with Gasteiger partial charge >= 0.3 is 6.03 Å². The molecule has 0 aliphatic rings. The summed E-state index contributed by atoms with van der Waals surface area (Å²) in [7, 11) is 0. The van der Waals surface area contributed by atoms with Crippen LogP contribution in [0.25, 0.3) is 0 Å². The lowest BCUT2D eigenvalue weighted by atomic mass is 9.92. The van der Waals surface area contributed by atoms with Gasteiger partial charge in [0.25, 0.3) is 0 Å². The predicted octanol–water partition coefficient (Wildman–Crippen LogP) is 2.73. The molecule has 6 heteroatoms. The second-order valence-corrected chi connectivity index (χ2v) is 6.99. The fourth-order valence-corrected chi connectivity index (χ4v) is 2.18. The average molecular weight is 330 g/mol. The van der Waals surface area contributed by atoms with Gasteiger partial charge in [-0.05, 0) is 12.5 Å². The van der Waals surface area contributed by atoms with Gasteiger partial charge in [0, 0.05) is 11.5 Å². The molecule has 6 nitrogen and oxygen atoms in total. The van der Waals surface area contributed by atoms with Gasteiger partial charge in [-0.15, -0.1) is 0 Å². The maximum Gasteiger partial charge on any atom is 0.320 e. The Morgan fingerprint density at radius 3 is 2.54 bits per heavy atom. The Morgan fingerprint density at radius 2 is 1.96 bits per heavy atom. The average Bonchev–Trinajstić information content (AvgIpc) is 2.91. The molecule has 130 valence electrons. The molecule has 0 aliphatic heterocycles. The molecule has 0 saturated carbocycles. The number of aromatic nitrogens is 2. The highest BCUT2D eigenvalue weighted by Gasteiger charge is 2.21. The largest absolute Gasteiger partial charge is 0.394 e. The van der Waals surface area contributed by atoms with Crippen LogP contribution in [0.4, 0.5) is 10.6 Å². The zero-order valence-corrected chi connectivity index (χ0v) is 14.7. The molecule has 2 amide bonds. The summed E-state index contributed by atoms with van der Waals surface area (Å²) in [6, 6.07) is 11.2. The van der Waals surface area contributed by atoms with Gasteiger partial charge in [-0.2, -0.15) is 5.10 Å². The molecule has 0 unspecified atom stereocenters. The predicted molar refractivity (Wildman–Crippen MR) is 95.2 cm³/mol. The van der Waals surface area contributed by atoms with Crippen LogP contribution in [0.1, 0.15) is 39.0 Å². The number of benzene rings is 1. The van der Waals surface area contributed by atoms with Crippen LogP contribution in [-0.4, -0.2) is 33.6 Å². The minimum Gasteiger partial charge on any atom is -0.394 e. The summed E-state index contributed by atoms with van der Waals surface area (Å²) in [5.41, 5.74) is 1.89. The van der Waals surface area contributed by atoms with E-state index in [1.807, 2.05) is 36.4 Å². The van der Waals surface area contributed by atoms with E-state index in [2.05, 4.69) is 36.5 Å². The molecule has 0 saturated heterocycles. The van der Waals surface area contributed by atoms with Crippen LogP contribution in [0, 0.1) is 0 Å². The topological polar surface area (TPSA) is 79.2 Å². The molecule has 24 heavy (non-hydrogen) atoms. The van der Waals surface area contributed by atoms with Crippen LogP contribution >= 0.6 is 0 Å². The van der Waals surface area contributed by atoms with E-state index in [4.69, 9.17) is 5.11 Å². The lowest BCUT2D eigenvalue weighted by molar-refractivity contribution is 0.229. The number of nitrogens with one attached hydrogen (secondary N) is 2. The molecule has 0 fully saturated rings. The van der Waals surface area contributed by atoms with Crippen molar-refractivity contribution in [2.75, 3.05) is 11.9 Å². The van der Waals surface area contributed by atoms with Crippen molar-refractivity contribution in [3.05, 3.63) is 47.7 Å². The summed E-state index contributed by atoms with van der Waals surface area (Å²) in [5.74, 6) is 0.631. The summed E-state index contributed by atoms with van der Waals surface area (Å²) < 4.78 is 1.79. The van der Waals surface area contributed by atoms with E-state index in [0.29, 0.717) is 12.4 Å². The number of rotatable bonds is 5. The van der Waals surface area contributed by atoms with E-state index >= 15 is 0 Å². The SMILES string of the molecule is C[C@@H](CO)NC(=O)Nc1cc(C(C)(C)C)nn1Cc1ccccc1. The van der Waals surface area contributed by atoms with E-state index in [9.17, 15) is 4.79 Å². The maximum atomic E-state index is 12.1. The van der Waals surface area contributed by atoms with Gasteiger partial charge in [-0.3, -0.25) is 5.32 Å². The van der Waals surface area contributed by atoms with Crippen molar-refractivity contribution in [1.29, 1.82) is 0 Å². The minimum absolute atomic E-state index is 0.107. The Bertz CT molecular complexity index is 674. The molecule has 1 heterocycles. The van der Waals surface area contributed by atoms with Crippen LogP contribution < -0.4 is 10.6 Å². The third-order valence-electron chi connectivity index (χ3n) is 3.62. The number of nitrogens with zero attached hydrogens (tertiary/aromatic N) is 2. The zero-order valence-electron chi connectivity index (χ0n) is 14.7. The molecule has 0 bridgehead atoms. The van der Waals surface area contributed by atoms with Crippen molar-refractivity contribution in [3.8, 4) is 0 Å². The summed E-state index contributed by atoms with van der Waals surface area (Å²) in [6.45, 7) is 8.45. The second-order valence-electron chi connectivity index (χ2n) is 6.99. The van der Waals surface area contributed by atoms with Crippen molar-refractivity contribution < 1.29 is 9.90 Å². The van der Waals surface area contributed by atoms with Crippen molar-refractivity contribution in [2.45, 2.75) is 45.7 Å². The van der Waals surface area contributed by atoms with Gasteiger partial charge in [-0.25, -0.2) is 9.48 Å². The monoisotopic (exact) mass is 330 g/mol. The van der Waals surface area contributed by atoms with Crippen molar-refractivity contribution in [2.24, 2.45) is 0 Å². The van der Waals surface area contributed by atoms with Gasteiger partial charge in [0.1, 0.15) is 5.82 Å². The first-order chi connectivity index (χ1) is 11.3. The number of amides is 2. The maximum absolute atomic E-state index is 12.1. The fourth-order valence-electron chi connectivity index (χ4n) is 2.18. The molecule has 3 N–H and O–H groups in total. The van der Waals surface area contributed by atoms with Gasteiger partial charge < -0.3 is 10.4 Å². The van der Waals surface area contributed by atoms with E-state index in [1.54, 1.807) is 11.6 Å². The Kier molecular flexibility index (Phi) is 5.62. The third kappa shape index (κ3) is 4.83. The van der Waals surface area contributed by atoms with Crippen molar-refractivity contribution in [3.63, 3.8) is 0 Å². The number of carbonyl (C=O) groups excluding carboxylic acids is 1. The number of carbonyl (C=O) groups is 1. The second kappa shape index (κ2) is 7.49. The number of urea groups is 1. The van der Waals surface area contributed by atoms with E-state index in [-0.39, 0.29) is 24.1 Å². The number of aliphatic hydroxyl groups excluding tert-OH is 1. The Morgan fingerprint density at radius 1 is 1.29 bits per heavy atom. The smallest absolute Gasteiger partial charge is 0.320 e. The Labute approximate surface area is 142 Å². The first-order valence-electron chi connectivity index (χ1n) is 8.10. The number of hydrogen-bond acceptors (Lipinski definition) is 3. The van der Waals surface area contributed by atoms with E-state index in [1.165, 1.54) is 0 Å². The van der Waals surface area contributed by atoms with Crippen LogP contribution in [0.3, 0.4) is 0 Å². The molecule has 1 aromatic heterocycles.